The Balaban J connectivity index is 1.80. The van der Waals surface area contributed by atoms with Gasteiger partial charge in [0, 0.05) is 63.5 Å². The second-order valence-electron chi connectivity index (χ2n) is 17.9. The fourth-order valence-electron chi connectivity index (χ4n) is 9.64. The van der Waals surface area contributed by atoms with Crippen molar-refractivity contribution < 1.29 is 68.5 Å². The van der Waals surface area contributed by atoms with Crippen molar-refractivity contribution in [3.63, 3.8) is 0 Å². The zero-order chi connectivity index (χ0) is 44.5. The molecular formula is C45H69NO14. The number of ketones is 2. The second kappa shape index (κ2) is 22.2. The number of allylic oxidation sites excluding steroid dienone is 4. The number of carboxylic acid groups (broad SMARTS) is 1. The minimum atomic E-state index is -2.56. The molecule has 3 heterocycles. The molecule has 0 aromatic rings. The predicted molar refractivity (Wildman–Crippen MR) is 219 cm³/mol. The van der Waals surface area contributed by atoms with Gasteiger partial charge in [-0.15, -0.1) is 0 Å². The Labute approximate surface area is 354 Å². The van der Waals surface area contributed by atoms with E-state index in [9.17, 15) is 49.5 Å². The smallest absolute Gasteiger partial charge is 0.329 e. The summed E-state index contributed by atoms with van der Waals surface area (Å²) in [5.41, 5.74) is 1.40. The first-order chi connectivity index (χ1) is 28.3. The summed E-state index contributed by atoms with van der Waals surface area (Å²) in [7, 11) is 2.98. The fourth-order valence-corrected chi connectivity index (χ4v) is 9.64. The lowest BCUT2D eigenvalue weighted by Gasteiger charge is -2.47. The van der Waals surface area contributed by atoms with Crippen LogP contribution >= 0.6 is 0 Å². The Morgan fingerprint density at radius 3 is 2.30 bits per heavy atom. The maximum atomic E-state index is 14.3. The van der Waals surface area contributed by atoms with Crippen LogP contribution in [0.25, 0.3) is 0 Å². The average Bonchev–Trinajstić information content (AvgIpc) is 3.21. The van der Waals surface area contributed by atoms with Crippen LogP contribution in [-0.4, -0.2) is 136 Å². The molecule has 2 saturated heterocycles. The van der Waals surface area contributed by atoms with Gasteiger partial charge in [-0.05, 0) is 95.5 Å². The first-order valence-corrected chi connectivity index (χ1v) is 21.6. The molecule has 0 aromatic carbocycles. The third-order valence-electron chi connectivity index (χ3n) is 13.2. The van der Waals surface area contributed by atoms with E-state index in [0.717, 1.165) is 16.5 Å². The summed E-state index contributed by atoms with van der Waals surface area (Å²) in [6, 6.07) is -1.20. The van der Waals surface area contributed by atoms with Crippen molar-refractivity contribution >= 4 is 29.4 Å². The van der Waals surface area contributed by atoms with Gasteiger partial charge in [-0.3, -0.25) is 14.4 Å². The Bertz CT molecular complexity index is 1610. The Hall–Kier alpha value is -3.31. The number of rotatable bonds is 8. The van der Waals surface area contributed by atoms with Crippen molar-refractivity contribution in [2.75, 3.05) is 27.4 Å². The van der Waals surface area contributed by atoms with Gasteiger partial charge in [-0.25, -0.2) is 9.59 Å². The lowest BCUT2D eigenvalue weighted by Crippen LogP contribution is -2.64. The molecule has 4 rings (SSSR count). The van der Waals surface area contributed by atoms with Crippen molar-refractivity contribution in [3.8, 4) is 0 Å². The molecule has 1 saturated carbocycles. The lowest BCUT2D eigenvalue weighted by molar-refractivity contribution is -0.302. The van der Waals surface area contributed by atoms with Crippen molar-refractivity contribution in [3.05, 3.63) is 35.5 Å². The van der Waals surface area contributed by atoms with Gasteiger partial charge < -0.3 is 49.4 Å². The van der Waals surface area contributed by atoms with E-state index in [1.807, 2.05) is 19.9 Å². The number of aliphatic carboxylic acids is 1. The minimum Gasteiger partial charge on any atom is -0.478 e. The van der Waals surface area contributed by atoms with Crippen molar-refractivity contribution in [1.29, 1.82) is 0 Å². The maximum absolute atomic E-state index is 14.3. The monoisotopic (exact) mass is 847 g/mol. The molecule has 60 heavy (non-hydrogen) atoms. The molecule has 15 nitrogen and oxygen atoms in total. The number of methoxy groups -OCH3 is 2. The van der Waals surface area contributed by atoms with E-state index in [4.69, 9.17) is 18.9 Å². The predicted octanol–water partition coefficient (Wildman–Crippen LogP) is 3.69. The molecule has 5 N–H and O–H groups in total. The summed E-state index contributed by atoms with van der Waals surface area (Å²) < 4.78 is 24.1. The molecule has 1 aliphatic carbocycles. The van der Waals surface area contributed by atoms with Gasteiger partial charge in [0.05, 0.1) is 24.4 Å². The Kier molecular flexibility index (Phi) is 18.2. The minimum absolute atomic E-state index is 0.0420. The van der Waals surface area contributed by atoms with Crippen LogP contribution in [-0.2, 0) is 42.9 Å². The highest BCUT2D eigenvalue weighted by Crippen LogP contribution is 2.39. The number of aliphatic hydroxyl groups excluding tert-OH is 3. The summed E-state index contributed by atoms with van der Waals surface area (Å²) in [4.78, 5) is 69.3. The van der Waals surface area contributed by atoms with Gasteiger partial charge in [0.15, 0.2) is 0 Å². The second-order valence-corrected chi connectivity index (χ2v) is 17.9. The highest BCUT2D eigenvalue weighted by Gasteiger charge is 2.56. The van der Waals surface area contributed by atoms with Gasteiger partial charge >= 0.3 is 11.9 Å². The van der Waals surface area contributed by atoms with E-state index in [1.165, 1.54) is 20.3 Å². The molecule has 15 heteroatoms. The standard InChI is InChI=1S/C45H69NO14/c1-25-17-26(2)19-37(57-6)41-38(58-7)21-28(4)45(56,60-41)42(53)43(54)46-16-9-8-12-33(46)44(55)59-40(27(3)20-30-14-15-34(48)32(22-30)24-47)29(5)35(49)23-36(50)31(18-25)11-10-13-39(51)52/h10,13,18,20,26,28-35,37-38,40-41,47-49,56H,8-9,11-12,14-17,19,21-24H2,1-7H3,(H,51,52)/b13-10+,25-18+,27-20+/t26-,28+,29+,30-,31+,32-,33-,34+,35-,37-,38-,40+,41+,45+/m0/s1. The third kappa shape index (κ3) is 12.2. The summed E-state index contributed by atoms with van der Waals surface area (Å²) in [5, 5.41) is 53.4. The molecule has 0 spiro atoms. The first-order valence-electron chi connectivity index (χ1n) is 21.6. The summed E-state index contributed by atoms with van der Waals surface area (Å²) in [6.45, 7) is 8.69. The van der Waals surface area contributed by atoms with Crippen molar-refractivity contribution in [1.82, 2.24) is 4.90 Å². The SMILES string of the molecule is CO[C@H]1C[C@@H](C)C/C(C)=C/[C@@H](C/C=C/C(=O)O)C(=O)C[C@H](O)[C@@H](C)[C@@H](/C(C)=C/[C@@H]2CC[C@@H](O)[C@H](CO)C2)OC(=O)[C@@H]2CCCCN2C(=O)C(=O)[C@]2(O)O[C@H]1[C@@H](OC)C[C@H]2C. The molecule has 0 radical (unpaired) electrons. The number of carboxylic acids is 1. The number of piperidine rings is 1. The topological polar surface area (TPSA) is 227 Å². The van der Waals surface area contributed by atoms with Crippen LogP contribution in [0.2, 0.25) is 0 Å². The van der Waals surface area contributed by atoms with E-state index in [1.54, 1.807) is 26.8 Å². The van der Waals surface area contributed by atoms with E-state index >= 15 is 0 Å². The number of ether oxygens (including phenoxy) is 4. The van der Waals surface area contributed by atoms with Gasteiger partial charge in [0.25, 0.3) is 11.7 Å². The summed E-state index contributed by atoms with van der Waals surface area (Å²) in [5.74, 6) is -10.2. The summed E-state index contributed by atoms with van der Waals surface area (Å²) >= 11 is 0. The number of cyclic esters (lactones) is 1. The molecule has 4 aliphatic rings. The third-order valence-corrected chi connectivity index (χ3v) is 13.2. The Morgan fingerprint density at radius 1 is 0.967 bits per heavy atom. The number of Topliss-reactive ketones (excluding diaryl/α,β-unsaturated/α-hetero) is 2. The fraction of sp³-hybridized carbons (Fsp3) is 0.756. The van der Waals surface area contributed by atoms with Crippen molar-refractivity contribution in [2.24, 2.45) is 35.5 Å². The van der Waals surface area contributed by atoms with Crippen LogP contribution in [0.5, 0.6) is 0 Å². The van der Waals surface area contributed by atoms with Gasteiger partial charge in [0.1, 0.15) is 24.0 Å². The van der Waals surface area contributed by atoms with Crippen LogP contribution in [0, 0.1) is 35.5 Å². The Morgan fingerprint density at radius 2 is 1.65 bits per heavy atom. The molecule has 338 valence electrons. The molecular weight excluding hydrogens is 778 g/mol. The van der Waals surface area contributed by atoms with Crippen LogP contribution in [0.1, 0.15) is 105 Å². The van der Waals surface area contributed by atoms with Crippen LogP contribution in [0.15, 0.2) is 35.5 Å². The molecule has 1 amide bonds. The highest BCUT2D eigenvalue weighted by molar-refractivity contribution is 6.39. The molecule has 0 aromatic heterocycles. The van der Waals surface area contributed by atoms with Gasteiger partial charge in [-0.1, -0.05) is 44.6 Å². The van der Waals surface area contributed by atoms with E-state index in [-0.39, 0.29) is 62.4 Å². The number of carbonyl (C=O) groups excluding carboxylic acids is 4. The lowest BCUT2D eigenvalue weighted by atomic mass is 9.78. The zero-order valence-electron chi connectivity index (χ0n) is 36.4. The number of hydrogen-bond donors (Lipinski definition) is 5. The van der Waals surface area contributed by atoms with Crippen LogP contribution in [0.4, 0.5) is 0 Å². The molecule has 3 fully saturated rings. The maximum Gasteiger partial charge on any atom is 0.329 e. The number of carbonyl (C=O) groups is 5. The molecule has 3 aliphatic heterocycles. The highest BCUT2D eigenvalue weighted by atomic mass is 16.7. The number of aliphatic hydroxyl groups is 4. The number of nitrogens with zero attached hydrogens (tertiary/aromatic N) is 1. The van der Waals surface area contributed by atoms with Crippen molar-refractivity contribution in [2.45, 2.75) is 154 Å². The molecule has 0 unspecified atom stereocenters. The largest absolute Gasteiger partial charge is 0.478 e. The zero-order valence-corrected chi connectivity index (χ0v) is 36.4. The number of hydrogen-bond acceptors (Lipinski definition) is 13. The van der Waals surface area contributed by atoms with Crippen LogP contribution in [0.3, 0.4) is 0 Å². The van der Waals surface area contributed by atoms with E-state index in [0.29, 0.717) is 50.5 Å². The first kappa shape index (κ1) is 49.3. The average molecular weight is 848 g/mol. The van der Waals surface area contributed by atoms with Crippen LogP contribution < -0.4 is 0 Å². The molecule has 14 atom stereocenters. The normalized spacial score (nSPS) is 39.6. The quantitative estimate of drug-likeness (QED) is 0.102. The number of fused-ring (bicyclic) bond motifs is 3. The molecule has 2 bridgehead atoms. The van der Waals surface area contributed by atoms with E-state index < -0.39 is 89.8 Å². The number of amides is 1. The van der Waals surface area contributed by atoms with Gasteiger partial charge in [-0.2, -0.15) is 0 Å². The van der Waals surface area contributed by atoms with Gasteiger partial charge in [0.2, 0.25) is 5.79 Å². The summed E-state index contributed by atoms with van der Waals surface area (Å²) in [6.07, 6.45) is 4.26. The van der Waals surface area contributed by atoms with E-state index in [2.05, 4.69) is 0 Å². The number of esters is 1.